The molecule has 0 atom stereocenters. The lowest BCUT2D eigenvalue weighted by atomic mass is 9.93. The van der Waals surface area contributed by atoms with Crippen molar-refractivity contribution in [3.8, 4) is 22.6 Å². The van der Waals surface area contributed by atoms with Gasteiger partial charge in [-0.25, -0.2) is 0 Å². The van der Waals surface area contributed by atoms with Crippen molar-refractivity contribution in [2.24, 2.45) is 0 Å². The normalized spacial score (nSPS) is 10.9. The molecule has 2 aromatic carbocycles. The molecule has 0 aliphatic rings. The average molecular weight is 336 g/mol. The Kier molecular flexibility index (Phi) is 4.17. The van der Waals surface area contributed by atoms with Gasteiger partial charge in [0.2, 0.25) is 0 Å². The molecular weight excluding hydrogens is 316 g/mol. The number of nitro benzene ring substituents is 1. The van der Waals surface area contributed by atoms with Gasteiger partial charge in [-0.15, -0.1) is 0 Å². The van der Waals surface area contributed by atoms with E-state index in [4.69, 9.17) is 4.52 Å². The van der Waals surface area contributed by atoms with Gasteiger partial charge in [0.15, 0.2) is 5.76 Å². The SMILES string of the molecule is Cc1cc(C)c(-c2noc(-c3c(C)cccc3[N+](=O)[O-])c2C)c(C)c1. The van der Waals surface area contributed by atoms with Crippen molar-refractivity contribution >= 4 is 5.69 Å². The average Bonchev–Trinajstić information content (AvgIpc) is 2.87. The Morgan fingerprint density at radius 3 is 2.20 bits per heavy atom. The quantitative estimate of drug-likeness (QED) is 0.470. The molecule has 5 nitrogen and oxygen atoms in total. The molecule has 0 saturated heterocycles. The van der Waals surface area contributed by atoms with E-state index in [0.29, 0.717) is 11.3 Å². The fourth-order valence-corrected chi connectivity index (χ4v) is 3.46. The Hall–Kier alpha value is -2.95. The number of hydrogen-bond acceptors (Lipinski definition) is 4. The summed E-state index contributed by atoms with van der Waals surface area (Å²) in [6.07, 6.45) is 0. The van der Waals surface area contributed by atoms with E-state index < -0.39 is 0 Å². The van der Waals surface area contributed by atoms with Gasteiger partial charge in [-0.05, 0) is 51.3 Å². The first-order chi connectivity index (χ1) is 11.8. The zero-order chi connectivity index (χ0) is 18.3. The number of hydrogen-bond donors (Lipinski definition) is 0. The standard InChI is InChI=1S/C20H20N2O3/c1-11-9-13(3)17(14(4)10-11)19-15(5)20(25-21-19)18-12(2)7-6-8-16(18)22(23)24/h6-10H,1-5H3. The maximum Gasteiger partial charge on any atom is 0.280 e. The Morgan fingerprint density at radius 2 is 1.60 bits per heavy atom. The Balaban J connectivity index is 2.25. The lowest BCUT2D eigenvalue weighted by Gasteiger charge is -2.09. The highest BCUT2D eigenvalue weighted by Crippen LogP contribution is 2.39. The predicted octanol–water partition coefficient (Wildman–Crippen LogP) is 5.46. The minimum Gasteiger partial charge on any atom is -0.355 e. The smallest absolute Gasteiger partial charge is 0.280 e. The molecule has 0 aliphatic heterocycles. The monoisotopic (exact) mass is 336 g/mol. The molecule has 0 fully saturated rings. The van der Waals surface area contributed by atoms with E-state index in [1.54, 1.807) is 6.07 Å². The zero-order valence-corrected chi connectivity index (χ0v) is 15.0. The van der Waals surface area contributed by atoms with Crippen LogP contribution in [0.25, 0.3) is 22.6 Å². The molecule has 0 bridgehead atoms. The van der Waals surface area contributed by atoms with Crippen molar-refractivity contribution in [3.63, 3.8) is 0 Å². The van der Waals surface area contributed by atoms with Gasteiger partial charge < -0.3 is 4.52 Å². The summed E-state index contributed by atoms with van der Waals surface area (Å²) in [7, 11) is 0. The Labute approximate surface area is 146 Å². The Bertz CT molecular complexity index is 964. The fraction of sp³-hybridized carbons (Fsp3) is 0.250. The van der Waals surface area contributed by atoms with Gasteiger partial charge >= 0.3 is 0 Å². The summed E-state index contributed by atoms with van der Waals surface area (Å²) in [6.45, 7) is 9.88. The number of aromatic nitrogens is 1. The number of nitrogens with zero attached hydrogens (tertiary/aromatic N) is 2. The van der Waals surface area contributed by atoms with Crippen molar-refractivity contribution in [1.82, 2.24) is 5.16 Å². The highest BCUT2D eigenvalue weighted by Gasteiger charge is 2.25. The minimum atomic E-state index is -0.383. The van der Waals surface area contributed by atoms with E-state index in [2.05, 4.69) is 24.2 Å². The van der Waals surface area contributed by atoms with Gasteiger partial charge in [-0.1, -0.05) is 35.0 Å². The van der Waals surface area contributed by atoms with Crippen molar-refractivity contribution in [3.05, 3.63) is 68.3 Å². The zero-order valence-electron chi connectivity index (χ0n) is 15.0. The van der Waals surface area contributed by atoms with Crippen molar-refractivity contribution in [2.75, 3.05) is 0 Å². The van der Waals surface area contributed by atoms with Crippen LogP contribution in [0.4, 0.5) is 5.69 Å². The molecule has 0 unspecified atom stereocenters. The Morgan fingerprint density at radius 1 is 0.960 bits per heavy atom. The molecule has 0 radical (unpaired) electrons. The van der Waals surface area contributed by atoms with Crippen LogP contribution in [-0.4, -0.2) is 10.1 Å². The molecule has 0 amide bonds. The molecule has 0 aliphatic carbocycles. The van der Waals surface area contributed by atoms with Gasteiger partial charge in [0, 0.05) is 17.2 Å². The van der Waals surface area contributed by atoms with Crippen LogP contribution in [0.2, 0.25) is 0 Å². The molecule has 0 saturated carbocycles. The highest BCUT2D eigenvalue weighted by molar-refractivity contribution is 5.81. The molecule has 5 heteroatoms. The maximum atomic E-state index is 11.4. The van der Waals surface area contributed by atoms with Gasteiger partial charge in [0.05, 0.1) is 4.92 Å². The first kappa shape index (κ1) is 16.9. The van der Waals surface area contributed by atoms with E-state index >= 15 is 0 Å². The third kappa shape index (κ3) is 2.82. The number of aryl methyl sites for hydroxylation is 4. The molecule has 3 rings (SSSR count). The van der Waals surface area contributed by atoms with E-state index in [0.717, 1.165) is 33.5 Å². The van der Waals surface area contributed by atoms with Gasteiger partial charge in [0.25, 0.3) is 5.69 Å². The third-order valence-corrected chi connectivity index (χ3v) is 4.51. The van der Waals surface area contributed by atoms with E-state index in [1.807, 2.05) is 33.8 Å². The summed E-state index contributed by atoms with van der Waals surface area (Å²) in [6, 6.07) is 9.22. The number of nitro groups is 1. The van der Waals surface area contributed by atoms with Crippen LogP contribution < -0.4 is 0 Å². The van der Waals surface area contributed by atoms with E-state index in [9.17, 15) is 10.1 Å². The second kappa shape index (κ2) is 6.16. The summed E-state index contributed by atoms with van der Waals surface area (Å²) in [5, 5.41) is 15.7. The van der Waals surface area contributed by atoms with Crippen LogP contribution in [-0.2, 0) is 0 Å². The molecule has 25 heavy (non-hydrogen) atoms. The van der Waals surface area contributed by atoms with Gasteiger partial charge in [-0.2, -0.15) is 0 Å². The molecular formula is C20H20N2O3. The molecule has 1 heterocycles. The van der Waals surface area contributed by atoms with Crippen LogP contribution in [0.1, 0.15) is 27.8 Å². The first-order valence-corrected chi connectivity index (χ1v) is 8.10. The van der Waals surface area contributed by atoms with Crippen LogP contribution in [0, 0.1) is 44.7 Å². The van der Waals surface area contributed by atoms with Crippen LogP contribution in [0.15, 0.2) is 34.9 Å². The molecule has 128 valence electrons. The topological polar surface area (TPSA) is 69.2 Å². The van der Waals surface area contributed by atoms with E-state index in [-0.39, 0.29) is 10.6 Å². The number of rotatable bonds is 3. The molecule has 0 spiro atoms. The molecule has 3 aromatic rings. The summed E-state index contributed by atoms with van der Waals surface area (Å²) in [4.78, 5) is 11.0. The summed E-state index contributed by atoms with van der Waals surface area (Å²) in [5.74, 6) is 0.458. The van der Waals surface area contributed by atoms with Crippen molar-refractivity contribution in [2.45, 2.75) is 34.6 Å². The predicted molar refractivity (Wildman–Crippen MR) is 97.7 cm³/mol. The largest absolute Gasteiger partial charge is 0.355 e. The van der Waals surface area contributed by atoms with Gasteiger partial charge in [0.1, 0.15) is 11.3 Å². The fourth-order valence-electron chi connectivity index (χ4n) is 3.46. The summed E-state index contributed by atoms with van der Waals surface area (Å²) in [5.41, 5.74) is 7.30. The van der Waals surface area contributed by atoms with Crippen LogP contribution >= 0.6 is 0 Å². The molecule has 1 aromatic heterocycles. The maximum absolute atomic E-state index is 11.4. The summed E-state index contributed by atoms with van der Waals surface area (Å²) < 4.78 is 5.59. The third-order valence-electron chi connectivity index (χ3n) is 4.51. The van der Waals surface area contributed by atoms with Crippen LogP contribution in [0.3, 0.4) is 0 Å². The highest BCUT2D eigenvalue weighted by atomic mass is 16.6. The summed E-state index contributed by atoms with van der Waals surface area (Å²) >= 11 is 0. The molecule has 0 N–H and O–H groups in total. The lowest BCUT2D eigenvalue weighted by Crippen LogP contribution is -1.95. The first-order valence-electron chi connectivity index (χ1n) is 8.10. The second-order valence-electron chi connectivity index (χ2n) is 6.49. The van der Waals surface area contributed by atoms with Crippen molar-refractivity contribution < 1.29 is 9.45 Å². The van der Waals surface area contributed by atoms with Crippen LogP contribution in [0.5, 0.6) is 0 Å². The second-order valence-corrected chi connectivity index (χ2v) is 6.49. The lowest BCUT2D eigenvalue weighted by molar-refractivity contribution is -0.384. The van der Waals surface area contributed by atoms with Gasteiger partial charge in [-0.3, -0.25) is 10.1 Å². The minimum absolute atomic E-state index is 0.0307. The van der Waals surface area contributed by atoms with E-state index in [1.165, 1.54) is 11.6 Å². The number of benzene rings is 2. The van der Waals surface area contributed by atoms with Crippen molar-refractivity contribution in [1.29, 1.82) is 0 Å².